The highest BCUT2D eigenvalue weighted by molar-refractivity contribution is 7.47. The molecular weight excluding hydrogens is 1070 g/mol. The molecule has 11 atom stereocenters. The molecule has 0 saturated carbocycles. The van der Waals surface area contributed by atoms with E-state index < -0.39 is 75.8 Å². The van der Waals surface area contributed by atoms with E-state index in [9.17, 15) is 9.46 Å². The third-order valence-electron chi connectivity index (χ3n) is 14.5. The zero-order valence-corrected chi connectivity index (χ0v) is 49.7. The first-order chi connectivity index (χ1) is 40.5. The van der Waals surface area contributed by atoms with Crippen LogP contribution in [-0.2, 0) is 101 Å². The number of hydrogen-bond acceptors (Lipinski definition) is 13. The van der Waals surface area contributed by atoms with Gasteiger partial charge in [0.1, 0.15) is 62.0 Å². The smallest absolute Gasteiger partial charge is 0.368 e. The van der Waals surface area contributed by atoms with Crippen LogP contribution >= 0.6 is 7.82 Å². The van der Waals surface area contributed by atoms with Gasteiger partial charge < -0.3 is 56.7 Å². The molecule has 6 aromatic carbocycles. The first kappa shape index (κ1) is 64.0. The number of rotatable bonds is 36. The number of phosphoric acid groups is 1. The van der Waals surface area contributed by atoms with E-state index in [2.05, 4.69) is 6.92 Å². The molecule has 2 saturated heterocycles. The lowest BCUT2D eigenvalue weighted by Gasteiger charge is -2.48. The topological polar surface area (TPSA) is 148 Å². The summed E-state index contributed by atoms with van der Waals surface area (Å²) in [6, 6.07) is 59.4. The molecule has 0 amide bonds. The molecular formula is C67H87NO14P+. The van der Waals surface area contributed by atoms with Crippen LogP contribution in [0.4, 0.5) is 0 Å². The van der Waals surface area contributed by atoms with Gasteiger partial charge in [-0.1, -0.05) is 221 Å². The minimum Gasteiger partial charge on any atom is -0.368 e. The van der Waals surface area contributed by atoms with Crippen molar-refractivity contribution in [2.24, 2.45) is 0 Å². The Morgan fingerprint density at radius 2 is 0.711 bits per heavy atom. The van der Waals surface area contributed by atoms with Gasteiger partial charge in [0, 0.05) is 6.61 Å². The standard InChI is InChI=1S/C67H86NO14P/c1-5-6-7-8-9-28-42-71-66-64(76-48-56-37-24-14-25-38-56)62(74-46-54-33-20-12-21-34-54)60(72-44-52-29-16-10-17-30-52)58(81-66)50-78-67-65(77-49-57-39-26-15-27-40-57)63(75-47-55-35-22-13-23-36-55)61(73-45-53-31-18-11-19-32-53)59(82-67)51-80-83(69,70)79-43-41-68(2,3)4/h10-27,29-40,58-67H,5-9,28,41-51H2,1-4H3/p+1/t58-,59-,60+,61+,62+,63+,64-,65-,66-,67-/m1/s1. The molecule has 2 fully saturated rings. The van der Waals surface area contributed by atoms with Crippen LogP contribution in [0, 0.1) is 0 Å². The first-order valence-electron chi connectivity index (χ1n) is 29.4. The van der Waals surface area contributed by atoms with E-state index in [1.165, 1.54) is 12.8 Å². The number of likely N-dealkylation sites (N-methyl/N-ethyl adjacent to an activating group) is 1. The maximum Gasteiger partial charge on any atom is 0.472 e. The number of quaternary nitrogens is 1. The van der Waals surface area contributed by atoms with Crippen LogP contribution in [-0.4, -0.2) is 125 Å². The summed E-state index contributed by atoms with van der Waals surface area (Å²) < 4.78 is 95.5. The fourth-order valence-corrected chi connectivity index (χ4v) is 10.7. The number of phosphoric ester groups is 1. The van der Waals surface area contributed by atoms with Crippen LogP contribution in [0.5, 0.6) is 0 Å². The summed E-state index contributed by atoms with van der Waals surface area (Å²) in [6.45, 7) is 3.75. The number of hydrogen-bond donors (Lipinski definition) is 1. The molecule has 0 bridgehead atoms. The molecule has 15 nitrogen and oxygen atoms in total. The molecule has 2 aliphatic heterocycles. The van der Waals surface area contributed by atoms with Crippen molar-refractivity contribution in [1.29, 1.82) is 0 Å². The Hall–Kier alpha value is -5.01. The van der Waals surface area contributed by atoms with E-state index >= 15 is 0 Å². The summed E-state index contributed by atoms with van der Waals surface area (Å²) in [6.07, 6.45) is -2.64. The molecule has 448 valence electrons. The van der Waals surface area contributed by atoms with Crippen molar-refractivity contribution in [3.63, 3.8) is 0 Å². The van der Waals surface area contributed by atoms with Gasteiger partial charge in [0.2, 0.25) is 0 Å². The second kappa shape index (κ2) is 34.2. The van der Waals surface area contributed by atoms with Crippen molar-refractivity contribution in [3.05, 3.63) is 215 Å². The van der Waals surface area contributed by atoms with E-state index in [-0.39, 0.29) is 52.9 Å². The Morgan fingerprint density at radius 1 is 0.386 bits per heavy atom. The lowest BCUT2D eigenvalue weighted by Crippen LogP contribution is -2.64. The third kappa shape index (κ3) is 21.8. The van der Waals surface area contributed by atoms with Gasteiger partial charge in [0.15, 0.2) is 12.6 Å². The molecule has 16 heteroatoms. The van der Waals surface area contributed by atoms with Gasteiger partial charge in [-0.3, -0.25) is 9.05 Å². The Labute approximate surface area is 492 Å². The fraction of sp³-hybridized carbons (Fsp3) is 0.463. The summed E-state index contributed by atoms with van der Waals surface area (Å²) in [5, 5.41) is 0. The van der Waals surface area contributed by atoms with Gasteiger partial charge in [-0.15, -0.1) is 0 Å². The molecule has 1 unspecified atom stereocenters. The average Bonchev–Trinajstić information content (AvgIpc) is 3.66. The predicted octanol–water partition coefficient (Wildman–Crippen LogP) is 12.2. The van der Waals surface area contributed by atoms with Crippen LogP contribution in [0.1, 0.15) is 78.8 Å². The normalized spacial score (nSPS) is 23.6. The maximum absolute atomic E-state index is 13.7. The van der Waals surface area contributed by atoms with Crippen LogP contribution in [0.25, 0.3) is 0 Å². The van der Waals surface area contributed by atoms with Crippen molar-refractivity contribution >= 4 is 7.82 Å². The summed E-state index contributed by atoms with van der Waals surface area (Å²) in [4.78, 5) is 11.2. The van der Waals surface area contributed by atoms with E-state index in [1.54, 1.807) is 0 Å². The van der Waals surface area contributed by atoms with Crippen molar-refractivity contribution in [2.45, 2.75) is 147 Å². The number of unbranched alkanes of at least 4 members (excludes halogenated alkanes) is 5. The largest absolute Gasteiger partial charge is 0.472 e. The molecule has 0 aliphatic carbocycles. The second-order valence-corrected chi connectivity index (χ2v) is 23.7. The predicted molar refractivity (Wildman–Crippen MR) is 317 cm³/mol. The van der Waals surface area contributed by atoms with Gasteiger partial charge >= 0.3 is 7.82 Å². The number of benzene rings is 6. The van der Waals surface area contributed by atoms with E-state index in [0.717, 1.165) is 59.1 Å². The molecule has 0 aromatic heterocycles. The van der Waals surface area contributed by atoms with Crippen molar-refractivity contribution < 1.29 is 70.4 Å². The van der Waals surface area contributed by atoms with Crippen molar-refractivity contribution in [3.8, 4) is 0 Å². The molecule has 2 aliphatic rings. The third-order valence-corrected chi connectivity index (χ3v) is 15.5. The zero-order valence-electron chi connectivity index (χ0n) is 48.8. The number of ether oxygens (including phenoxy) is 10. The average molecular weight is 1160 g/mol. The molecule has 2 heterocycles. The highest BCUT2D eigenvalue weighted by atomic mass is 31.2. The minimum absolute atomic E-state index is 0.0204. The Morgan fingerprint density at radius 3 is 1.08 bits per heavy atom. The summed E-state index contributed by atoms with van der Waals surface area (Å²) in [7, 11) is 1.29. The molecule has 8 rings (SSSR count). The van der Waals surface area contributed by atoms with Gasteiger partial charge in [0.05, 0.1) is 74.0 Å². The maximum atomic E-state index is 13.7. The van der Waals surface area contributed by atoms with E-state index in [4.69, 9.17) is 56.4 Å². The summed E-state index contributed by atoms with van der Waals surface area (Å²) in [5.74, 6) is 0. The summed E-state index contributed by atoms with van der Waals surface area (Å²) in [5.41, 5.74) is 5.61. The molecule has 0 spiro atoms. The number of nitrogens with zero attached hydrogens (tertiary/aromatic N) is 1. The van der Waals surface area contributed by atoms with Crippen LogP contribution < -0.4 is 0 Å². The Balaban J connectivity index is 1.16. The zero-order chi connectivity index (χ0) is 58.0. The van der Waals surface area contributed by atoms with Gasteiger partial charge in [-0.25, -0.2) is 4.57 Å². The molecule has 6 aromatic rings. The first-order valence-corrected chi connectivity index (χ1v) is 30.9. The van der Waals surface area contributed by atoms with Gasteiger partial charge in [-0.2, -0.15) is 0 Å². The molecule has 83 heavy (non-hydrogen) atoms. The Kier molecular flexibility index (Phi) is 26.4. The Bertz CT molecular complexity index is 2710. The second-order valence-electron chi connectivity index (χ2n) is 22.2. The van der Waals surface area contributed by atoms with Crippen LogP contribution in [0.15, 0.2) is 182 Å². The van der Waals surface area contributed by atoms with Gasteiger partial charge in [-0.05, 0) is 39.8 Å². The summed E-state index contributed by atoms with van der Waals surface area (Å²) >= 11 is 0. The minimum atomic E-state index is -4.63. The van der Waals surface area contributed by atoms with E-state index in [1.807, 2.05) is 203 Å². The fourth-order valence-electron chi connectivity index (χ4n) is 9.93. The van der Waals surface area contributed by atoms with E-state index in [0.29, 0.717) is 17.6 Å². The lowest BCUT2D eigenvalue weighted by atomic mass is 9.96. The quantitative estimate of drug-likeness (QED) is 0.0226. The van der Waals surface area contributed by atoms with Crippen molar-refractivity contribution in [2.75, 3.05) is 54.1 Å². The van der Waals surface area contributed by atoms with Gasteiger partial charge in [0.25, 0.3) is 0 Å². The highest BCUT2D eigenvalue weighted by Gasteiger charge is 2.53. The highest BCUT2D eigenvalue weighted by Crippen LogP contribution is 2.44. The SMILES string of the molecule is CCCCCCCCO[C@@H]1O[C@H](CO[C@@H]2O[C@H](COP(=O)(O)OCC[N+](C)(C)C)[C@H](OCc3ccccc3)[C@H](OCc3ccccc3)[C@H]2OCc2ccccc2)[C@H](OCc2ccccc2)[C@H](OCc2ccccc2)[C@H]1OCc1ccccc1. The molecule has 1 N–H and O–H groups in total. The monoisotopic (exact) mass is 1160 g/mol. The van der Waals surface area contributed by atoms with Crippen molar-refractivity contribution in [1.82, 2.24) is 0 Å². The van der Waals surface area contributed by atoms with Crippen LogP contribution in [0.2, 0.25) is 0 Å². The van der Waals surface area contributed by atoms with Crippen LogP contribution in [0.3, 0.4) is 0 Å². The molecule has 0 radical (unpaired) electrons. The lowest BCUT2D eigenvalue weighted by molar-refractivity contribution is -0.870.